The number of carbonyl (C=O) groups excluding carboxylic acids is 1. The molecule has 2 rings (SSSR count). The van der Waals surface area contributed by atoms with Crippen LogP contribution in [0.3, 0.4) is 0 Å². The molecule has 64 valence electrons. The van der Waals surface area contributed by atoms with E-state index in [-0.39, 0.29) is 0 Å². The van der Waals surface area contributed by atoms with Crippen LogP contribution in [0.4, 0.5) is 0 Å². The van der Waals surface area contributed by atoms with Crippen molar-refractivity contribution in [2.24, 2.45) is 0 Å². The van der Waals surface area contributed by atoms with Gasteiger partial charge in [0.1, 0.15) is 6.29 Å². The maximum Gasteiger partial charge on any atom is 0.150 e. The molecule has 2 aromatic heterocycles. The molecule has 0 aliphatic carbocycles. The summed E-state index contributed by atoms with van der Waals surface area (Å²) >= 11 is 0. The number of pyridine rings is 1. The lowest BCUT2D eigenvalue weighted by Gasteiger charge is -1.95. The second-order valence-corrected chi connectivity index (χ2v) is 2.60. The van der Waals surface area contributed by atoms with Crippen molar-refractivity contribution in [3.05, 3.63) is 42.5 Å². The van der Waals surface area contributed by atoms with Crippen molar-refractivity contribution in [2.75, 3.05) is 0 Å². The Balaban J connectivity index is 2.47. The normalized spacial score (nSPS) is 9.85. The van der Waals surface area contributed by atoms with Gasteiger partial charge in [-0.05, 0) is 18.2 Å². The van der Waals surface area contributed by atoms with Crippen LogP contribution in [0.1, 0.15) is 10.4 Å². The lowest BCUT2D eigenvalue weighted by molar-refractivity contribution is 0.112. The summed E-state index contributed by atoms with van der Waals surface area (Å²) in [5.41, 5.74) is 2.24. The summed E-state index contributed by atoms with van der Waals surface area (Å²) in [5, 5.41) is 0. The van der Waals surface area contributed by atoms with Gasteiger partial charge in [0.2, 0.25) is 0 Å². The molecule has 0 saturated carbocycles. The standard InChI is InChI=1S/C10H7NO2/c12-6-8-1-3-11-10(5-8)9-2-4-13-7-9/h1-7H. The second-order valence-electron chi connectivity index (χ2n) is 2.60. The second kappa shape index (κ2) is 3.23. The lowest BCUT2D eigenvalue weighted by Crippen LogP contribution is -1.84. The smallest absolute Gasteiger partial charge is 0.150 e. The lowest BCUT2D eigenvalue weighted by atomic mass is 10.2. The zero-order chi connectivity index (χ0) is 9.10. The number of rotatable bonds is 2. The molecular formula is C10H7NO2. The molecule has 0 bridgehead atoms. The first kappa shape index (κ1) is 7.73. The summed E-state index contributed by atoms with van der Waals surface area (Å²) in [7, 11) is 0. The molecular weight excluding hydrogens is 166 g/mol. The Bertz CT molecular complexity index is 407. The molecule has 2 aromatic rings. The van der Waals surface area contributed by atoms with Crippen molar-refractivity contribution in [1.29, 1.82) is 0 Å². The Hall–Kier alpha value is -1.90. The van der Waals surface area contributed by atoms with Gasteiger partial charge < -0.3 is 4.42 Å². The molecule has 0 saturated heterocycles. The first-order valence-corrected chi connectivity index (χ1v) is 3.84. The van der Waals surface area contributed by atoms with Gasteiger partial charge in [0.15, 0.2) is 0 Å². The summed E-state index contributed by atoms with van der Waals surface area (Å²) in [4.78, 5) is 14.6. The third-order valence-electron chi connectivity index (χ3n) is 1.74. The van der Waals surface area contributed by atoms with E-state index in [4.69, 9.17) is 4.42 Å². The van der Waals surface area contributed by atoms with Crippen molar-refractivity contribution in [3.63, 3.8) is 0 Å². The number of aromatic nitrogens is 1. The molecule has 0 aliphatic heterocycles. The number of furan rings is 1. The van der Waals surface area contributed by atoms with Crippen molar-refractivity contribution in [1.82, 2.24) is 4.98 Å². The van der Waals surface area contributed by atoms with E-state index < -0.39 is 0 Å². The highest BCUT2D eigenvalue weighted by molar-refractivity contribution is 5.77. The topological polar surface area (TPSA) is 43.1 Å². The number of hydrogen-bond acceptors (Lipinski definition) is 3. The van der Waals surface area contributed by atoms with Crippen LogP contribution < -0.4 is 0 Å². The Labute approximate surface area is 75.0 Å². The third-order valence-corrected chi connectivity index (χ3v) is 1.74. The van der Waals surface area contributed by atoms with Crippen molar-refractivity contribution >= 4 is 6.29 Å². The average Bonchev–Trinajstić information content (AvgIpc) is 2.71. The quantitative estimate of drug-likeness (QED) is 0.653. The van der Waals surface area contributed by atoms with Gasteiger partial charge in [-0.15, -0.1) is 0 Å². The summed E-state index contributed by atoms with van der Waals surface area (Å²) in [5.74, 6) is 0. The molecule has 0 fully saturated rings. The van der Waals surface area contributed by atoms with E-state index in [1.165, 1.54) is 0 Å². The van der Waals surface area contributed by atoms with Gasteiger partial charge >= 0.3 is 0 Å². The van der Waals surface area contributed by atoms with Crippen LogP contribution in [0.5, 0.6) is 0 Å². The van der Waals surface area contributed by atoms with Crippen molar-refractivity contribution in [2.45, 2.75) is 0 Å². The Morgan fingerprint density at radius 1 is 1.38 bits per heavy atom. The minimum Gasteiger partial charge on any atom is -0.472 e. The molecule has 0 N–H and O–H groups in total. The predicted molar refractivity (Wildman–Crippen MR) is 47.3 cm³/mol. The van der Waals surface area contributed by atoms with E-state index in [1.54, 1.807) is 36.9 Å². The monoisotopic (exact) mass is 173 g/mol. The maximum absolute atomic E-state index is 10.5. The molecule has 0 atom stereocenters. The number of carbonyl (C=O) groups is 1. The van der Waals surface area contributed by atoms with E-state index >= 15 is 0 Å². The Morgan fingerprint density at radius 3 is 3.00 bits per heavy atom. The van der Waals surface area contributed by atoms with E-state index in [0.29, 0.717) is 5.56 Å². The number of nitrogens with zero attached hydrogens (tertiary/aromatic N) is 1. The van der Waals surface area contributed by atoms with Crippen LogP contribution in [-0.4, -0.2) is 11.3 Å². The molecule has 3 nitrogen and oxygen atoms in total. The summed E-state index contributed by atoms with van der Waals surface area (Å²) in [6.07, 6.45) is 5.57. The SMILES string of the molecule is O=Cc1ccnc(-c2ccoc2)c1. The van der Waals surface area contributed by atoms with Gasteiger partial charge in [-0.1, -0.05) is 0 Å². The fourth-order valence-corrected chi connectivity index (χ4v) is 1.09. The van der Waals surface area contributed by atoms with Gasteiger partial charge in [0, 0.05) is 17.3 Å². The highest BCUT2D eigenvalue weighted by Crippen LogP contribution is 2.17. The van der Waals surface area contributed by atoms with Crippen LogP contribution in [0.25, 0.3) is 11.3 Å². The van der Waals surface area contributed by atoms with E-state index in [2.05, 4.69) is 4.98 Å². The summed E-state index contributed by atoms with van der Waals surface area (Å²) < 4.78 is 4.91. The largest absolute Gasteiger partial charge is 0.472 e. The zero-order valence-corrected chi connectivity index (χ0v) is 6.81. The van der Waals surface area contributed by atoms with Gasteiger partial charge in [0.25, 0.3) is 0 Å². The molecule has 2 heterocycles. The van der Waals surface area contributed by atoms with Crippen LogP contribution >= 0.6 is 0 Å². The van der Waals surface area contributed by atoms with Crippen LogP contribution in [-0.2, 0) is 0 Å². The molecule has 0 unspecified atom stereocenters. The number of hydrogen-bond donors (Lipinski definition) is 0. The van der Waals surface area contributed by atoms with Crippen molar-refractivity contribution in [3.8, 4) is 11.3 Å². The molecule has 13 heavy (non-hydrogen) atoms. The molecule has 0 amide bonds. The molecule has 0 aliphatic rings. The fraction of sp³-hybridized carbons (Fsp3) is 0. The number of aldehydes is 1. The predicted octanol–water partition coefficient (Wildman–Crippen LogP) is 2.15. The van der Waals surface area contributed by atoms with Crippen LogP contribution in [0.2, 0.25) is 0 Å². The van der Waals surface area contributed by atoms with E-state index in [9.17, 15) is 4.79 Å². The summed E-state index contributed by atoms with van der Waals surface area (Å²) in [6.45, 7) is 0. The first-order valence-electron chi connectivity index (χ1n) is 3.84. The molecule has 0 spiro atoms. The average molecular weight is 173 g/mol. The van der Waals surface area contributed by atoms with Gasteiger partial charge in [-0.3, -0.25) is 9.78 Å². The van der Waals surface area contributed by atoms with Gasteiger partial charge in [-0.2, -0.15) is 0 Å². The van der Waals surface area contributed by atoms with Crippen molar-refractivity contribution < 1.29 is 9.21 Å². The third kappa shape index (κ3) is 1.49. The van der Waals surface area contributed by atoms with Crippen LogP contribution in [0.15, 0.2) is 41.3 Å². The fourth-order valence-electron chi connectivity index (χ4n) is 1.09. The highest BCUT2D eigenvalue weighted by atomic mass is 16.3. The molecule has 0 aromatic carbocycles. The molecule has 0 radical (unpaired) electrons. The maximum atomic E-state index is 10.5. The zero-order valence-electron chi connectivity index (χ0n) is 6.81. The van der Waals surface area contributed by atoms with E-state index in [1.807, 2.05) is 0 Å². The van der Waals surface area contributed by atoms with E-state index in [0.717, 1.165) is 17.5 Å². The Kier molecular flexibility index (Phi) is 1.92. The first-order chi connectivity index (χ1) is 6.40. The minimum absolute atomic E-state index is 0.617. The van der Waals surface area contributed by atoms with Crippen LogP contribution in [0, 0.1) is 0 Å². The highest BCUT2D eigenvalue weighted by Gasteiger charge is 2.00. The van der Waals surface area contributed by atoms with Gasteiger partial charge in [-0.25, -0.2) is 0 Å². The summed E-state index contributed by atoms with van der Waals surface area (Å²) in [6, 6.07) is 5.19. The minimum atomic E-state index is 0.617. The van der Waals surface area contributed by atoms with Gasteiger partial charge in [0.05, 0.1) is 18.2 Å². The Morgan fingerprint density at radius 2 is 2.31 bits per heavy atom. The molecule has 3 heteroatoms.